The molecule has 16 heavy (non-hydrogen) atoms. The van der Waals surface area contributed by atoms with E-state index in [1.54, 1.807) is 13.8 Å². The summed E-state index contributed by atoms with van der Waals surface area (Å²) in [6, 6.07) is 0. The van der Waals surface area contributed by atoms with Gasteiger partial charge in [-0.15, -0.1) is 0 Å². The van der Waals surface area contributed by atoms with Crippen molar-refractivity contribution < 1.29 is 19.7 Å². The summed E-state index contributed by atoms with van der Waals surface area (Å²) in [6.07, 6.45) is 0.719. The zero-order chi connectivity index (χ0) is 12.6. The molecular weight excluding hydrogens is 208 g/mol. The highest BCUT2D eigenvalue weighted by molar-refractivity contribution is 5.75. The molecule has 1 fully saturated rings. The molecule has 0 aromatic heterocycles. The second-order valence-corrected chi connectivity index (χ2v) is 5.57. The minimum absolute atomic E-state index is 0.0580. The zero-order valence-electron chi connectivity index (χ0n) is 10.5. The molecule has 1 saturated heterocycles. The average Bonchev–Trinajstić information content (AvgIpc) is 2.17. The van der Waals surface area contributed by atoms with Crippen molar-refractivity contribution in [2.24, 2.45) is 11.3 Å². The van der Waals surface area contributed by atoms with E-state index in [9.17, 15) is 15.0 Å². The fourth-order valence-electron chi connectivity index (χ4n) is 2.07. The summed E-state index contributed by atoms with van der Waals surface area (Å²) in [4.78, 5) is 11.2. The number of aliphatic hydroxyl groups is 1. The van der Waals surface area contributed by atoms with Crippen molar-refractivity contribution in [1.82, 2.24) is 0 Å². The van der Waals surface area contributed by atoms with Crippen LogP contribution < -0.4 is 0 Å². The SMILES string of the molecule is CC(C)C1CC(O)(C(C)(C)C(=O)O)CCO1. The van der Waals surface area contributed by atoms with Gasteiger partial charge in [0.2, 0.25) is 0 Å². The Labute approximate surface area is 96.6 Å². The van der Waals surface area contributed by atoms with Crippen LogP contribution in [0.4, 0.5) is 0 Å². The smallest absolute Gasteiger partial charge is 0.312 e. The van der Waals surface area contributed by atoms with Gasteiger partial charge in [0.1, 0.15) is 0 Å². The summed E-state index contributed by atoms with van der Waals surface area (Å²) < 4.78 is 5.56. The topological polar surface area (TPSA) is 66.8 Å². The van der Waals surface area contributed by atoms with Crippen LogP contribution in [-0.2, 0) is 9.53 Å². The fourth-order valence-corrected chi connectivity index (χ4v) is 2.07. The summed E-state index contributed by atoms with van der Waals surface area (Å²) in [6.45, 7) is 7.63. The van der Waals surface area contributed by atoms with Crippen LogP contribution in [0.3, 0.4) is 0 Å². The summed E-state index contributed by atoms with van der Waals surface area (Å²) >= 11 is 0. The molecule has 1 aliphatic rings. The molecule has 0 radical (unpaired) electrons. The molecule has 1 rings (SSSR count). The van der Waals surface area contributed by atoms with Gasteiger partial charge in [-0.05, 0) is 19.8 Å². The van der Waals surface area contributed by atoms with Gasteiger partial charge in [0.15, 0.2) is 0 Å². The van der Waals surface area contributed by atoms with E-state index in [1.165, 1.54) is 0 Å². The van der Waals surface area contributed by atoms with Gasteiger partial charge >= 0.3 is 5.97 Å². The van der Waals surface area contributed by atoms with Crippen molar-refractivity contribution in [2.45, 2.75) is 52.2 Å². The molecule has 0 aromatic carbocycles. The first-order valence-electron chi connectivity index (χ1n) is 5.78. The molecule has 4 heteroatoms. The largest absolute Gasteiger partial charge is 0.481 e. The summed E-state index contributed by atoms with van der Waals surface area (Å²) in [5.41, 5.74) is -2.31. The lowest BCUT2D eigenvalue weighted by Gasteiger charge is -2.45. The highest BCUT2D eigenvalue weighted by atomic mass is 16.5. The molecule has 2 N–H and O–H groups in total. The Bertz CT molecular complexity index is 272. The lowest BCUT2D eigenvalue weighted by molar-refractivity contribution is -0.189. The van der Waals surface area contributed by atoms with E-state index in [0.717, 1.165) is 0 Å². The Morgan fingerprint density at radius 1 is 1.50 bits per heavy atom. The lowest BCUT2D eigenvalue weighted by atomic mass is 9.68. The van der Waals surface area contributed by atoms with Gasteiger partial charge < -0.3 is 14.9 Å². The summed E-state index contributed by atoms with van der Waals surface area (Å²) in [5, 5.41) is 19.7. The number of aliphatic carboxylic acids is 1. The van der Waals surface area contributed by atoms with Gasteiger partial charge in [-0.1, -0.05) is 13.8 Å². The van der Waals surface area contributed by atoms with Crippen LogP contribution in [0.2, 0.25) is 0 Å². The molecule has 0 amide bonds. The monoisotopic (exact) mass is 230 g/mol. The number of carboxylic acid groups (broad SMARTS) is 1. The normalized spacial score (nSPS) is 31.8. The maximum absolute atomic E-state index is 11.2. The number of hydrogen-bond donors (Lipinski definition) is 2. The van der Waals surface area contributed by atoms with E-state index in [0.29, 0.717) is 19.4 Å². The van der Waals surface area contributed by atoms with Gasteiger partial charge in [0.05, 0.1) is 17.1 Å². The van der Waals surface area contributed by atoms with Gasteiger partial charge in [-0.3, -0.25) is 4.79 Å². The zero-order valence-corrected chi connectivity index (χ0v) is 10.5. The molecular formula is C12H22O4. The quantitative estimate of drug-likeness (QED) is 0.774. The first-order valence-corrected chi connectivity index (χ1v) is 5.78. The average molecular weight is 230 g/mol. The Balaban J connectivity index is 2.88. The maximum Gasteiger partial charge on any atom is 0.312 e. The van der Waals surface area contributed by atoms with Gasteiger partial charge in [-0.25, -0.2) is 0 Å². The number of rotatable bonds is 3. The molecule has 4 nitrogen and oxygen atoms in total. The lowest BCUT2D eigenvalue weighted by Crippen LogP contribution is -2.55. The van der Waals surface area contributed by atoms with E-state index >= 15 is 0 Å². The van der Waals surface area contributed by atoms with Crippen molar-refractivity contribution in [1.29, 1.82) is 0 Å². The van der Waals surface area contributed by atoms with Crippen molar-refractivity contribution in [2.75, 3.05) is 6.61 Å². The molecule has 2 unspecified atom stereocenters. The molecule has 2 atom stereocenters. The number of carboxylic acids is 1. The Kier molecular flexibility index (Phi) is 3.65. The molecule has 0 saturated carbocycles. The van der Waals surface area contributed by atoms with Crippen LogP contribution in [0.15, 0.2) is 0 Å². The summed E-state index contributed by atoms with van der Waals surface area (Å²) in [7, 11) is 0. The van der Waals surface area contributed by atoms with Crippen LogP contribution >= 0.6 is 0 Å². The molecule has 1 heterocycles. The number of ether oxygens (including phenoxy) is 1. The number of carbonyl (C=O) groups is 1. The summed E-state index contributed by atoms with van der Waals surface area (Å²) in [5.74, 6) is -0.671. The van der Waals surface area contributed by atoms with E-state index in [2.05, 4.69) is 0 Å². The Morgan fingerprint density at radius 2 is 2.06 bits per heavy atom. The van der Waals surface area contributed by atoms with Crippen LogP contribution in [-0.4, -0.2) is 34.5 Å². The van der Waals surface area contributed by atoms with E-state index < -0.39 is 17.0 Å². The van der Waals surface area contributed by atoms with Gasteiger partial charge in [0.25, 0.3) is 0 Å². The predicted octanol–water partition coefficient (Wildman–Crippen LogP) is 1.66. The van der Waals surface area contributed by atoms with Crippen molar-refractivity contribution in [3.63, 3.8) is 0 Å². The molecule has 1 aliphatic heterocycles. The molecule has 0 aromatic rings. The number of hydrogen-bond acceptors (Lipinski definition) is 3. The Morgan fingerprint density at radius 3 is 2.50 bits per heavy atom. The minimum Gasteiger partial charge on any atom is -0.481 e. The first kappa shape index (κ1) is 13.5. The standard InChI is InChI=1S/C12H22O4/c1-8(2)9-7-12(15,5-6-16-9)11(3,4)10(13)14/h8-9,15H,5-7H2,1-4H3,(H,13,14). The van der Waals surface area contributed by atoms with Crippen LogP contribution in [0, 0.1) is 11.3 Å². The van der Waals surface area contributed by atoms with Crippen LogP contribution in [0.1, 0.15) is 40.5 Å². The minimum atomic E-state index is -1.17. The van der Waals surface area contributed by atoms with Gasteiger partial charge in [0, 0.05) is 19.4 Å². The molecule has 94 valence electrons. The van der Waals surface area contributed by atoms with Crippen LogP contribution in [0.25, 0.3) is 0 Å². The first-order chi connectivity index (χ1) is 7.21. The second-order valence-electron chi connectivity index (χ2n) is 5.57. The predicted molar refractivity (Wildman–Crippen MR) is 60.2 cm³/mol. The third-order valence-corrected chi connectivity index (χ3v) is 3.83. The van der Waals surface area contributed by atoms with Crippen molar-refractivity contribution >= 4 is 5.97 Å². The van der Waals surface area contributed by atoms with Gasteiger partial charge in [-0.2, -0.15) is 0 Å². The van der Waals surface area contributed by atoms with Crippen LogP contribution in [0.5, 0.6) is 0 Å². The van der Waals surface area contributed by atoms with Crippen molar-refractivity contribution in [3.05, 3.63) is 0 Å². The Hall–Kier alpha value is -0.610. The highest BCUT2D eigenvalue weighted by Gasteiger charge is 2.51. The fraction of sp³-hybridized carbons (Fsp3) is 0.917. The second kappa shape index (κ2) is 4.34. The molecule has 0 aliphatic carbocycles. The molecule has 0 spiro atoms. The highest BCUT2D eigenvalue weighted by Crippen LogP contribution is 2.41. The third-order valence-electron chi connectivity index (χ3n) is 3.83. The van der Waals surface area contributed by atoms with E-state index in [4.69, 9.17) is 4.74 Å². The maximum atomic E-state index is 11.2. The van der Waals surface area contributed by atoms with E-state index in [1.807, 2.05) is 13.8 Å². The molecule has 0 bridgehead atoms. The third kappa shape index (κ3) is 2.23. The van der Waals surface area contributed by atoms with Crippen molar-refractivity contribution in [3.8, 4) is 0 Å². The van der Waals surface area contributed by atoms with E-state index in [-0.39, 0.29) is 12.0 Å².